The quantitative estimate of drug-likeness (QED) is 0.123. The summed E-state index contributed by atoms with van der Waals surface area (Å²) < 4.78 is 16.0. The van der Waals surface area contributed by atoms with Crippen LogP contribution in [0.2, 0.25) is 0 Å². The molecule has 0 bridgehead atoms. The number of benzene rings is 10. The smallest absolute Gasteiger partial charge is 0.268 e. The van der Waals surface area contributed by atoms with Crippen LogP contribution in [0.5, 0.6) is 11.5 Å². The van der Waals surface area contributed by atoms with Gasteiger partial charge in [0.15, 0.2) is 0 Å². The molecule has 6 nitrogen and oxygen atoms in total. The van der Waals surface area contributed by atoms with Crippen molar-refractivity contribution in [2.75, 3.05) is 0 Å². The monoisotopic (exact) mass is 1220 g/mol. The number of hydrogen-bond donors (Lipinski definition) is 0. The first-order chi connectivity index (χ1) is 38.9. The Bertz CT molecular complexity index is 4780. The number of imidazole rings is 1. The fraction of sp³-hybridized carbons (Fsp3) is 0.108. The third kappa shape index (κ3) is 8.18. The molecule has 0 amide bonds. The maximum atomic E-state index is 6.89. The number of aromatic nitrogens is 5. The molecule has 0 saturated heterocycles. The van der Waals surface area contributed by atoms with Crippen LogP contribution in [0.3, 0.4) is 0 Å². The second-order valence-electron chi connectivity index (χ2n) is 23.2. The zero-order valence-corrected chi connectivity index (χ0v) is 48.1. The summed E-state index contributed by atoms with van der Waals surface area (Å²) in [5.41, 5.74) is 20.5. The van der Waals surface area contributed by atoms with Gasteiger partial charge < -0.3 is 18.4 Å². The molecular weight excluding hydrogens is 1170 g/mol. The standard InChI is InChI=1S/C74H55N5O.Pt/c1-73(2,3)49-35-33-47(34-36-49)48-41-63-57-24-10-8-22-55(57)54-21-7-9-23-56(54)62-28-18-32-67(78-64-29-14-11-25-58(64)59-26-12-15-30-65(59)78)71(62)77-46-76(69(42-48)72(63)77)51-19-17-20-52(44-51)80-53-37-38-61-60-27-13-16-31-66(60)79(68(61)45-53)70-43-50(39-40-75-70)74(4,5)6;/h7-43H,1-6H3;/q-2;. The van der Waals surface area contributed by atoms with Gasteiger partial charge in [-0.05, 0) is 120 Å². The molecule has 14 aromatic rings. The zero-order valence-electron chi connectivity index (χ0n) is 45.8. The average Bonchev–Trinajstić information content (AvgIpc) is 3.34. The second-order valence-corrected chi connectivity index (χ2v) is 23.2. The topological polar surface area (TPSA) is 40.8 Å². The number of hydrogen-bond acceptors (Lipinski definition) is 2. The Morgan fingerprint density at radius 3 is 1.64 bits per heavy atom. The van der Waals surface area contributed by atoms with Gasteiger partial charge in [-0.1, -0.05) is 193 Å². The van der Waals surface area contributed by atoms with Gasteiger partial charge in [0.05, 0.1) is 33.4 Å². The molecule has 15 rings (SSSR count). The SMILES string of the molecule is CC(C)(C)c1ccc(-c2cc3c4c(c2)n(-c2[c-]c(Oc5[c-]c6c(cc5)c5ccccc5n6-c5cc(C(C)(C)C)ccn5)ccc2)[c-][n+]4-c2c(cccc2-n2c4ccccc4c4ccccc42)-c2ccccc2-c2ccccc2-3)cc1.[Pt]. The van der Waals surface area contributed by atoms with E-state index in [-0.39, 0.29) is 31.9 Å². The van der Waals surface area contributed by atoms with Crippen LogP contribution in [-0.4, -0.2) is 18.7 Å². The number of ether oxygens (including phenoxy) is 1. The van der Waals surface area contributed by atoms with Gasteiger partial charge in [0.2, 0.25) is 0 Å². The minimum atomic E-state index is -0.0543. The summed E-state index contributed by atoms with van der Waals surface area (Å²) in [4.78, 5) is 4.93. The minimum absolute atomic E-state index is 0. The Kier molecular flexibility index (Phi) is 11.8. The molecule has 394 valence electrons. The molecule has 4 aromatic heterocycles. The van der Waals surface area contributed by atoms with Crippen LogP contribution < -0.4 is 9.30 Å². The van der Waals surface area contributed by atoms with E-state index in [9.17, 15) is 0 Å². The van der Waals surface area contributed by atoms with E-state index in [0.29, 0.717) is 11.5 Å². The van der Waals surface area contributed by atoms with Crippen LogP contribution in [-0.2, 0) is 31.9 Å². The van der Waals surface area contributed by atoms with E-state index < -0.39 is 0 Å². The number of rotatable bonds is 6. The van der Waals surface area contributed by atoms with Crippen molar-refractivity contribution in [1.82, 2.24) is 18.7 Å². The van der Waals surface area contributed by atoms with Gasteiger partial charge in [-0.15, -0.1) is 29.7 Å². The molecule has 1 aliphatic rings. The first kappa shape index (κ1) is 50.2. The molecule has 5 heterocycles. The largest absolute Gasteiger partial charge is 0.510 e. The van der Waals surface area contributed by atoms with Gasteiger partial charge in [-0.25, -0.2) is 4.98 Å². The Hall–Kier alpha value is -9.09. The summed E-state index contributed by atoms with van der Waals surface area (Å²) >= 11 is 0. The van der Waals surface area contributed by atoms with Gasteiger partial charge in [-0.3, -0.25) is 4.57 Å². The molecule has 0 fully saturated rings. The molecular formula is C74H55N5OPt-2. The van der Waals surface area contributed by atoms with Crippen LogP contribution in [0.15, 0.2) is 225 Å². The van der Waals surface area contributed by atoms with Gasteiger partial charge in [0.25, 0.3) is 6.33 Å². The van der Waals surface area contributed by atoms with Crippen LogP contribution in [0.1, 0.15) is 52.7 Å². The van der Waals surface area contributed by atoms with E-state index in [1.807, 2.05) is 24.4 Å². The van der Waals surface area contributed by atoms with Gasteiger partial charge in [0, 0.05) is 55.1 Å². The van der Waals surface area contributed by atoms with E-state index in [1.165, 1.54) is 27.5 Å². The first-order valence-corrected chi connectivity index (χ1v) is 27.5. The molecule has 0 N–H and O–H groups in total. The van der Waals surface area contributed by atoms with Crippen molar-refractivity contribution in [1.29, 1.82) is 0 Å². The van der Waals surface area contributed by atoms with E-state index in [0.717, 1.165) is 106 Å². The molecule has 0 spiro atoms. The van der Waals surface area contributed by atoms with Crippen molar-refractivity contribution in [2.24, 2.45) is 0 Å². The summed E-state index contributed by atoms with van der Waals surface area (Å²) in [5, 5.41) is 4.60. The number of fused-ring (bicyclic) bond motifs is 13. The molecule has 0 unspecified atom stereocenters. The zero-order chi connectivity index (χ0) is 54.0. The summed E-state index contributed by atoms with van der Waals surface area (Å²) in [6, 6.07) is 86.4. The van der Waals surface area contributed by atoms with Crippen LogP contribution in [0, 0.1) is 18.5 Å². The summed E-state index contributed by atoms with van der Waals surface area (Å²) in [6.45, 7) is 13.5. The number of nitrogens with zero attached hydrogens (tertiary/aromatic N) is 5. The summed E-state index contributed by atoms with van der Waals surface area (Å²) in [6.07, 6.45) is 5.96. The molecule has 0 atom stereocenters. The van der Waals surface area contributed by atoms with Gasteiger partial charge in [0.1, 0.15) is 5.82 Å². The minimum Gasteiger partial charge on any atom is -0.510 e. The molecule has 10 aromatic carbocycles. The molecule has 1 aliphatic heterocycles. The molecule has 0 aliphatic carbocycles. The predicted octanol–water partition coefficient (Wildman–Crippen LogP) is 18.3. The van der Waals surface area contributed by atoms with Crippen molar-refractivity contribution in [2.45, 2.75) is 52.4 Å². The predicted molar refractivity (Wildman–Crippen MR) is 327 cm³/mol. The fourth-order valence-electron chi connectivity index (χ4n) is 12.3. The third-order valence-corrected chi connectivity index (χ3v) is 16.2. The van der Waals surface area contributed by atoms with Crippen molar-refractivity contribution >= 4 is 54.6 Å². The molecule has 0 saturated carbocycles. The second kappa shape index (κ2) is 19.0. The van der Waals surface area contributed by atoms with Crippen molar-refractivity contribution in [3.63, 3.8) is 0 Å². The van der Waals surface area contributed by atoms with Gasteiger partial charge in [-0.2, -0.15) is 18.2 Å². The fourth-order valence-corrected chi connectivity index (χ4v) is 12.3. The summed E-state index contributed by atoms with van der Waals surface area (Å²) in [5.74, 6) is 1.96. The molecule has 81 heavy (non-hydrogen) atoms. The normalized spacial score (nSPS) is 12.2. The van der Waals surface area contributed by atoms with Crippen molar-refractivity contribution in [3.05, 3.63) is 254 Å². The Morgan fingerprint density at radius 2 is 0.988 bits per heavy atom. The maximum Gasteiger partial charge on any atom is 0.268 e. The van der Waals surface area contributed by atoms with Crippen molar-refractivity contribution < 1.29 is 30.4 Å². The van der Waals surface area contributed by atoms with Crippen LogP contribution in [0.4, 0.5) is 0 Å². The van der Waals surface area contributed by atoms with E-state index in [4.69, 9.17) is 9.72 Å². The van der Waals surface area contributed by atoms with Gasteiger partial charge >= 0.3 is 0 Å². The Balaban J connectivity index is 0.00000589. The Morgan fingerprint density at radius 1 is 0.432 bits per heavy atom. The van der Waals surface area contributed by atoms with Crippen LogP contribution >= 0.6 is 0 Å². The van der Waals surface area contributed by atoms with E-state index in [1.54, 1.807) is 0 Å². The van der Waals surface area contributed by atoms with Crippen molar-refractivity contribution in [3.8, 4) is 78.9 Å². The van der Waals surface area contributed by atoms with Crippen LogP contribution in [0.25, 0.3) is 122 Å². The Labute approximate surface area is 486 Å². The maximum absolute atomic E-state index is 6.89. The first-order valence-electron chi connectivity index (χ1n) is 27.5. The van der Waals surface area contributed by atoms with E-state index in [2.05, 4.69) is 278 Å². The number of para-hydroxylation sites is 4. The average molecular weight is 1230 g/mol. The summed E-state index contributed by atoms with van der Waals surface area (Å²) in [7, 11) is 0. The third-order valence-electron chi connectivity index (χ3n) is 16.2. The number of pyridine rings is 1. The molecule has 7 heteroatoms. The molecule has 0 radical (unpaired) electrons. The van der Waals surface area contributed by atoms with E-state index >= 15 is 0 Å².